The summed E-state index contributed by atoms with van der Waals surface area (Å²) in [5.74, 6) is -0.830. The minimum absolute atomic E-state index is 0.0714. The molecule has 3 aromatic rings. The Labute approximate surface area is 163 Å². The maximum atomic E-state index is 12.8. The van der Waals surface area contributed by atoms with Gasteiger partial charge in [0.25, 0.3) is 5.91 Å². The van der Waals surface area contributed by atoms with Crippen LogP contribution in [0.15, 0.2) is 60.3 Å². The lowest BCUT2D eigenvalue weighted by molar-refractivity contribution is -0.137. The summed E-state index contributed by atoms with van der Waals surface area (Å²) in [6.45, 7) is 0.0900. The fourth-order valence-corrected chi connectivity index (χ4v) is 2.87. The van der Waals surface area contributed by atoms with Crippen LogP contribution in [0.4, 0.5) is 18.9 Å². The molecule has 0 saturated carbocycles. The molecule has 1 heterocycles. The van der Waals surface area contributed by atoms with Crippen LogP contribution in [0.1, 0.15) is 11.1 Å². The van der Waals surface area contributed by atoms with Gasteiger partial charge in [-0.2, -0.15) is 23.7 Å². The van der Waals surface area contributed by atoms with E-state index in [0.29, 0.717) is 5.56 Å². The van der Waals surface area contributed by atoms with E-state index in [0.717, 1.165) is 23.0 Å². The number of carbonyl (C=O) groups excluding carboxylic acids is 1. The third-order valence-corrected chi connectivity index (χ3v) is 4.17. The number of benzene rings is 2. The summed E-state index contributed by atoms with van der Waals surface area (Å²) in [4.78, 5) is 12.4. The van der Waals surface area contributed by atoms with E-state index in [9.17, 15) is 23.2 Å². The number of rotatable bonds is 4. The third kappa shape index (κ3) is 4.28. The number of halogens is 3. The molecule has 144 valence electrons. The number of para-hydroxylation sites is 1. The van der Waals surface area contributed by atoms with E-state index < -0.39 is 17.6 Å². The van der Waals surface area contributed by atoms with Gasteiger partial charge in [-0.25, -0.2) is 0 Å². The van der Waals surface area contributed by atoms with E-state index in [1.165, 1.54) is 18.2 Å². The molecule has 0 atom stereocenters. The van der Waals surface area contributed by atoms with Crippen molar-refractivity contribution in [1.29, 1.82) is 10.5 Å². The molecule has 0 bridgehead atoms. The Morgan fingerprint density at radius 3 is 2.59 bits per heavy atom. The molecule has 0 radical (unpaired) electrons. The maximum absolute atomic E-state index is 12.8. The predicted molar refractivity (Wildman–Crippen MR) is 101 cm³/mol. The van der Waals surface area contributed by atoms with Gasteiger partial charge in [0.15, 0.2) is 0 Å². The van der Waals surface area contributed by atoms with Crippen LogP contribution in [0.25, 0.3) is 17.0 Å². The number of nitrogens with one attached hydrogen (secondary N) is 1. The van der Waals surface area contributed by atoms with E-state index >= 15 is 0 Å². The lowest BCUT2D eigenvalue weighted by Gasteiger charge is -2.09. The summed E-state index contributed by atoms with van der Waals surface area (Å²) < 4.78 is 40.2. The number of hydrogen-bond donors (Lipinski definition) is 1. The van der Waals surface area contributed by atoms with Gasteiger partial charge >= 0.3 is 6.18 Å². The van der Waals surface area contributed by atoms with E-state index in [2.05, 4.69) is 5.32 Å². The van der Waals surface area contributed by atoms with Crippen molar-refractivity contribution in [2.45, 2.75) is 12.7 Å². The standard InChI is InChI=1S/C21H13F3N4O/c22-21(23,24)16-4-3-5-17(11-16)27-20(29)14(12-26)10-15-13-28(9-8-25)19-7-2-1-6-18(15)19/h1-7,10-11,13H,9H2,(H,27,29)/b14-10-. The van der Waals surface area contributed by atoms with Crippen LogP contribution in [-0.4, -0.2) is 10.5 Å². The fraction of sp³-hybridized carbons (Fsp3) is 0.0952. The number of carbonyl (C=O) groups is 1. The van der Waals surface area contributed by atoms with Crippen LogP contribution in [0.3, 0.4) is 0 Å². The minimum Gasteiger partial charge on any atom is -0.333 e. The first-order valence-electron chi connectivity index (χ1n) is 8.38. The van der Waals surface area contributed by atoms with Crippen LogP contribution < -0.4 is 5.32 Å². The van der Waals surface area contributed by atoms with Crippen LogP contribution in [0.5, 0.6) is 0 Å². The molecule has 29 heavy (non-hydrogen) atoms. The van der Waals surface area contributed by atoms with Gasteiger partial charge in [-0.15, -0.1) is 0 Å². The van der Waals surface area contributed by atoms with Crippen LogP contribution in [-0.2, 0) is 17.5 Å². The highest BCUT2D eigenvalue weighted by Gasteiger charge is 2.30. The first-order chi connectivity index (χ1) is 13.8. The summed E-state index contributed by atoms with van der Waals surface area (Å²) in [6.07, 6.45) is -1.56. The Morgan fingerprint density at radius 2 is 1.90 bits per heavy atom. The number of nitrogens with zero attached hydrogens (tertiary/aromatic N) is 3. The molecule has 1 amide bonds. The van der Waals surface area contributed by atoms with Gasteiger partial charge in [-0.05, 0) is 30.3 Å². The van der Waals surface area contributed by atoms with E-state index in [1.807, 2.05) is 6.07 Å². The number of alkyl halides is 3. The molecule has 0 unspecified atom stereocenters. The zero-order valence-electron chi connectivity index (χ0n) is 14.9. The third-order valence-electron chi connectivity index (χ3n) is 4.17. The topological polar surface area (TPSA) is 81.6 Å². The van der Waals surface area contributed by atoms with Crippen molar-refractivity contribution in [3.63, 3.8) is 0 Å². The van der Waals surface area contributed by atoms with E-state index in [4.69, 9.17) is 5.26 Å². The van der Waals surface area contributed by atoms with Crippen molar-refractivity contribution in [2.24, 2.45) is 0 Å². The molecule has 0 saturated heterocycles. The lowest BCUT2D eigenvalue weighted by atomic mass is 10.1. The Bertz CT molecular complexity index is 1190. The van der Waals surface area contributed by atoms with E-state index in [-0.39, 0.29) is 17.8 Å². The van der Waals surface area contributed by atoms with Gasteiger partial charge in [-0.1, -0.05) is 24.3 Å². The maximum Gasteiger partial charge on any atom is 0.416 e. The summed E-state index contributed by atoms with van der Waals surface area (Å²) in [6, 6.07) is 15.1. The molecule has 1 N–H and O–H groups in total. The number of anilines is 1. The molecule has 2 aromatic carbocycles. The van der Waals surface area contributed by atoms with Crippen LogP contribution >= 0.6 is 0 Å². The number of nitriles is 2. The molecule has 3 rings (SSSR count). The van der Waals surface area contributed by atoms with Crippen LogP contribution in [0, 0.1) is 22.7 Å². The molecular weight excluding hydrogens is 381 g/mol. The van der Waals surface area contributed by atoms with Gasteiger partial charge in [-0.3, -0.25) is 4.79 Å². The zero-order chi connectivity index (χ0) is 21.0. The minimum atomic E-state index is -4.54. The van der Waals surface area contributed by atoms with Crippen LogP contribution in [0.2, 0.25) is 0 Å². The molecule has 8 heteroatoms. The summed E-state index contributed by atoms with van der Waals surface area (Å²) in [5.41, 5.74) is 0.0555. The summed E-state index contributed by atoms with van der Waals surface area (Å²) in [7, 11) is 0. The summed E-state index contributed by atoms with van der Waals surface area (Å²) >= 11 is 0. The fourth-order valence-electron chi connectivity index (χ4n) is 2.87. The van der Waals surface area contributed by atoms with Crippen molar-refractivity contribution in [3.05, 3.63) is 71.4 Å². The predicted octanol–water partition coefficient (Wildman–Crippen LogP) is 4.73. The second kappa shape index (κ2) is 7.91. The van der Waals surface area contributed by atoms with Crippen molar-refractivity contribution in [3.8, 4) is 12.1 Å². The average Bonchev–Trinajstić information content (AvgIpc) is 3.03. The number of fused-ring (bicyclic) bond motifs is 1. The Hall–Kier alpha value is -4.04. The van der Waals surface area contributed by atoms with E-state index in [1.54, 1.807) is 41.1 Å². The quantitative estimate of drug-likeness (QED) is 0.513. The van der Waals surface area contributed by atoms with Gasteiger partial charge in [0.05, 0.1) is 11.6 Å². The first kappa shape index (κ1) is 19.7. The Balaban J connectivity index is 1.94. The molecule has 0 fully saturated rings. The van der Waals surface area contributed by atoms with Crippen molar-refractivity contribution < 1.29 is 18.0 Å². The first-order valence-corrected chi connectivity index (χ1v) is 8.38. The van der Waals surface area contributed by atoms with Gasteiger partial charge in [0.1, 0.15) is 18.2 Å². The lowest BCUT2D eigenvalue weighted by Crippen LogP contribution is -2.14. The SMILES string of the molecule is N#CCn1cc(/C=C(/C#N)C(=O)Nc2cccc(C(F)(F)F)c2)c2ccccc21. The van der Waals surface area contributed by atoms with Gasteiger partial charge in [0.2, 0.25) is 0 Å². The highest BCUT2D eigenvalue weighted by molar-refractivity contribution is 6.10. The molecule has 0 spiro atoms. The Morgan fingerprint density at radius 1 is 1.14 bits per heavy atom. The molecule has 0 aliphatic carbocycles. The smallest absolute Gasteiger partial charge is 0.333 e. The number of aromatic nitrogens is 1. The highest BCUT2D eigenvalue weighted by atomic mass is 19.4. The second-order valence-corrected chi connectivity index (χ2v) is 6.09. The molecule has 1 aromatic heterocycles. The normalized spacial score (nSPS) is 11.7. The van der Waals surface area contributed by atoms with Crippen molar-refractivity contribution in [2.75, 3.05) is 5.32 Å². The largest absolute Gasteiger partial charge is 0.416 e. The second-order valence-electron chi connectivity index (χ2n) is 6.09. The number of hydrogen-bond acceptors (Lipinski definition) is 3. The zero-order valence-corrected chi connectivity index (χ0v) is 14.9. The molecule has 0 aliphatic heterocycles. The monoisotopic (exact) mass is 394 g/mol. The average molecular weight is 394 g/mol. The molecule has 5 nitrogen and oxygen atoms in total. The van der Waals surface area contributed by atoms with Gasteiger partial charge < -0.3 is 9.88 Å². The van der Waals surface area contributed by atoms with Gasteiger partial charge in [0, 0.05) is 28.4 Å². The molecule has 0 aliphatic rings. The summed E-state index contributed by atoms with van der Waals surface area (Å²) in [5, 5.41) is 21.4. The van der Waals surface area contributed by atoms with Crippen molar-refractivity contribution in [1.82, 2.24) is 4.57 Å². The number of amides is 1. The van der Waals surface area contributed by atoms with Crippen molar-refractivity contribution >= 4 is 28.6 Å². The highest BCUT2D eigenvalue weighted by Crippen LogP contribution is 2.31. The molecular formula is C21H13F3N4O. The Kier molecular flexibility index (Phi) is 5.38.